The summed E-state index contributed by atoms with van der Waals surface area (Å²) in [5.74, 6) is -1.39. The molecule has 0 radical (unpaired) electrons. The van der Waals surface area contributed by atoms with Crippen molar-refractivity contribution in [2.24, 2.45) is 0 Å². The van der Waals surface area contributed by atoms with Gasteiger partial charge in [-0.3, -0.25) is 0 Å². The van der Waals surface area contributed by atoms with Crippen LogP contribution in [0.25, 0.3) is 0 Å². The molecule has 0 aliphatic carbocycles. The van der Waals surface area contributed by atoms with Gasteiger partial charge in [-0.25, -0.2) is 0 Å². The second kappa shape index (κ2) is 6.81. The third-order valence-electron chi connectivity index (χ3n) is 4.71. The van der Waals surface area contributed by atoms with Crippen molar-refractivity contribution >= 4 is 15.9 Å². The Balaban J connectivity index is 1.43. The zero-order valence-electron chi connectivity index (χ0n) is 15.4. The summed E-state index contributed by atoms with van der Waals surface area (Å²) in [6.07, 6.45) is -1.57. The van der Waals surface area contributed by atoms with Crippen LogP contribution in [0, 0.1) is 0 Å². The van der Waals surface area contributed by atoms with Gasteiger partial charge in [0.05, 0.1) is 13.2 Å². The number of hydrogen-bond acceptors (Lipinski definition) is 6. The molecule has 7 heteroatoms. The molecule has 26 heavy (non-hydrogen) atoms. The van der Waals surface area contributed by atoms with Gasteiger partial charge in [0.15, 0.2) is 17.9 Å². The van der Waals surface area contributed by atoms with Crippen molar-refractivity contribution in [3.05, 3.63) is 34.3 Å². The standard InChI is InChI=1S/C19H25BrO6/c1-18(2)23-14-13(10-21-9-11-5-7-12(20)8-6-11)22-17-16(15(14)24-18)25-19(3,4)26-17/h5-8,13-17H,9-10H2,1-4H3/t13-,14+,15+,16-,17-/m1/s1. The zero-order valence-corrected chi connectivity index (χ0v) is 17.0. The predicted octanol–water partition coefficient (Wildman–Crippen LogP) is 3.36. The van der Waals surface area contributed by atoms with Crippen molar-refractivity contribution in [2.45, 2.75) is 76.6 Å². The van der Waals surface area contributed by atoms with Gasteiger partial charge in [-0.1, -0.05) is 28.1 Å². The average Bonchev–Trinajstić information content (AvgIpc) is 3.03. The van der Waals surface area contributed by atoms with E-state index in [2.05, 4.69) is 15.9 Å². The fourth-order valence-corrected chi connectivity index (χ4v) is 3.97. The summed E-state index contributed by atoms with van der Waals surface area (Å²) in [5, 5.41) is 0. The molecule has 4 rings (SSSR count). The van der Waals surface area contributed by atoms with Gasteiger partial charge in [0, 0.05) is 4.47 Å². The largest absolute Gasteiger partial charge is 0.374 e. The summed E-state index contributed by atoms with van der Waals surface area (Å²) in [6, 6.07) is 8.05. The lowest BCUT2D eigenvalue weighted by Crippen LogP contribution is -2.56. The highest BCUT2D eigenvalue weighted by atomic mass is 79.9. The Kier molecular flexibility index (Phi) is 4.93. The zero-order chi connectivity index (χ0) is 18.5. The average molecular weight is 429 g/mol. The van der Waals surface area contributed by atoms with E-state index in [-0.39, 0.29) is 24.4 Å². The minimum Gasteiger partial charge on any atom is -0.374 e. The van der Waals surface area contributed by atoms with Gasteiger partial charge in [-0.15, -0.1) is 0 Å². The van der Waals surface area contributed by atoms with Crippen LogP contribution < -0.4 is 0 Å². The van der Waals surface area contributed by atoms with E-state index in [9.17, 15) is 0 Å². The van der Waals surface area contributed by atoms with Crippen LogP contribution in [-0.4, -0.2) is 48.9 Å². The number of rotatable bonds is 4. The Morgan fingerprint density at radius 3 is 2.23 bits per heavy atom. The molecule has 3 fully saturated rings. The Labute approximate surface area is 162 Å². The Bertz CT molecular complexity index is 646. The van der Waals surface area contributed by atoms with Crippen molar-refractivity contribution < 1.29 is 28.4 Å². The smallest absolute Gasteiger partial charge is 0.190 e. The number of ether oxygens (including phenoxy) is 6. The van der Waals surface area contributed by atoms with E-state index in [1.807, 2.05) is 52.0 Å². The van der Waals surface area contributed by atoms with E-state index in [1.54, 1.807) is 0 Å². The third-order valence-corrected chi connectivity index (χ3v) is 5.24. The summed E-state index contributed by atoms with van der Waals surface area (Å²) in [6.45, 7) is 8.46. The maximum Gasteiger partial charge on any atom is 0.190 e. The Morgan fingerprint density at radius 1 is 0.885 bits per heavy atom. The lowest BCUT2D eigenvalue weighted by atomic mass is 9.99. The van der Waals surface area contributed by atoms with Gasteiger partial charge in [-0.05, 0) is 45.4 Å². The molecule has 0 unspecified atom stereocenters. The molecule has 3 aliphatic heterocycles. The van der Waals surface area contributed by atoms with Gasteiger partial charge in [-0.2, -0.15) is 0 Å². The minimum atomic E-state index is -0.705. The first-order valence-electron chi connectivity index (χ1n) is 8.91. The second-order valence-corrected chi connectivity index (χ2v) is 8.77. The molecule has 3 heterocycles. The van der Waals surface area contributed by atoms with Crippen molar-refractivity contribution in [1.82, 2.24) is 0 Å². The van der Waals surface area contributed by atoms with Crippen LogP contribution in [0.1, 0.15) is 33.3 Å². The third kappa shape index (κ3) is 3.85. The monoisotopic (exact) mass is 428 g/mol. The Hall–Kier alpha value is -0.540. The van der Waals surface area contributed by atoms with Gasteiger partial charge >= 0.3 is 0 Å². The minimum absolute atomic E-state index is 0.244. The number of benzene rings is 1. The van der Waals surface area contributed by atoms with E-state index < -0.39 is 17.9 Å². The van der Waals surface area contributed by atoms with Crippen LogP contribution in [0.2, 0.25) is 0 Å². The molecule has 0 N–H and O–H groups in total. The number of fused-ring (bicyclic) bond motifs is 3. The molecule has 3 aliphatic rings. The Morgan fingerprint density at radius 2 is 1.50 bits per heavy atom. The first-order chi connectivity index (χ1) is 12.2. The number of hydrogen-bond donors (Lipinski definition) is 0. The van der Waals surface area contributed by atoms with Gasteiger partial charge in [0.1, 0.15) is 24.4 Å². The molecule has 5 atom stereocenters. The van der Waals surface area contributed by atoms with Crippen LogP contribution in [0.15, 0.2) is 28.7 Å². The summed E-state index contributed by atoms with van der Waals surface area (Å²) in [7, 11) is 0. The molecule has 1 aromatic rings. The van der Waals surface area contributed by atoms with Crippen LogP contribution in [0.3, 0.4) is 0 Å². The first-order valence-corrected chi connectivity index (χ1v) is 9.71. The highest BCUT2D eigenvalue weighted by molar-refractivity contribution is 9.10. The molecule has 0 saturated carbocycles. The maximum atomic E-state index is 6.13. The van der Waals surface area contributed by atoms with Crippen LogP contribution >= 0.6 is 15.9 Å². The molecule has 0 bridgehead atoms. The van der Waals surface area contributed by atoms with Crippen LogP contribution in [0.4, 0.5) is 0 Å². The van der Waals surface area contributed by atoms with E-state index in [0.29, 0.717) is 13.2 Å². The summed E-state index contributed by atoms with van der Waals surface area (Å²) >= 11 is 3.44. The molecule has 3 saturated heterocycles. The van der Waals surface area contributed by atoms with Crippen LogP contribution in [-0.2, 0) is 35.0 Å². The van der Waals surface area contributed by atoms with Crippen molar-refractivity contribution in [3.8, 4) is 0 Å². The number of halogens is 1. The molecule has 0 amide bonds. The van der Waals surface area contributed by atoms with Crippen molar-refractivity contribution in [2.75, 3.05) is 6.61 Å². The molecular formula is C19H25BrO6. The maximum absolute atomic E-state index is 6.13. The highest BCUT2D eigenvalue weighted by Crippen LogP contribution is 2.44. The fourth-order valence-electron chi connectivity index (χ4n) is 3.70. The molecule has 0 spiro atoms. The second-order valence-electron chi connectivity index (χ2n) is 7.85. The van der Waals surface area contributed by atoms with Gasteiger partial charge < -0.3 is 28.4 Å². The topological polar surface area (TPSA) is 55.4 Å². The normalized spacial score (nSPS) is 37.3. The summed E-state index contributed by atoms with van der Waals surface area (Å²) in [5.41, 5.74) is 1.10. The fraction of sp³-hybridized carbons (Fsp3) is 0.684. The van der Waals surface area contributed by atoms with Gasteiger partial charge in [0.2, 0.25) is 0 Å². The quantitative estimate of drug-likeness (QED) is 0.732. The SMILES string of the molecule is CC1(C)O[C@H]2[C@@H](O1)[C@@H](COCc1ccc(Br)cc1)O[C@@H]1OC(C)(C)O[C@@H]12. The predicted molar refractivity (Wildman–Crippen MR) is 96.3 cm³/mol. The summed E-state index contributed by atoms with van der Waals surface area (Å²) < 4.78 is 37.2. The van der Waals surface area contributed by atoms with E-state index in [1.165, 1.54) is 0 Å². The van der Waals surface area contributed by atoms with Gasteiger partial charge in [0.25, 0.3) is 0 Å². The molecular weight excluding hydrogens is 404 g/mol. The summed E-state index contributed by atoms with van der Waals surface area (Å²) in [4.78, 5) is 0. The van der Waals surface area contributed by atoms with E-state index in [4.69, 9.17) is 28.4 Å². The lowest BCUT2D eigenvalue weighted by molar-refractivity contribution is -0.243. The van der Waals surface area contributed by atoms with Crippen molar-refractivity contribution in [3.63, 3.8) is 0 Å². The van der Waals surface area contributed by atoms with Crippen LogP contribution in [0.5, 0.6) is 0 Å². The molecule has 0 aromatic heterocycles. The van der Waals surface area contributed by atoms with E-state index >= 15 is 0 Å². The van der Waals surface area contributed by atoms with Crippen molar-refractivity contribution in [1.29, 1.82) is 0 Å². The highest BCUT2D eigenvalue weighted by Gasteiger charge is 2.60. The molecule has 6 nitrogen and oxygen atoms in total. The molecule has 144 valence electrons. The van der Waals surface area contributed by atoms with E-state index in [0.717, 1.165) is 10.0 Å². The lowest BCUT2D eigenvalue weighted by Gasteiger charge is -2.37. The molecule has 1 aromatic carbocycles. The first kappa shape index (κ1) is 18.8.